The third-order valence-corrected chi connectivity index (χ3v) is 7.23. The summed E-state index contributed by atoms with van der Waals surface area (Å²) in [7, 11) is 0. The van der Waals surface area contributed by atoms with E-state index in [4.69, 9.17) is 0 Å². The molecular weight excluding hydrogens is 384 g/mol. The summed E-state index contributed by atoms with van der Waals surface area (Å²) in [5.74, 6) is -1.90. The van der Waals surface area contributed by atoms with E-state index < -0.39 is 23.8 Å². The number of rotatable bonds is 4. The van der Waals surface area contributed by atoms with Crippen molar-refractivity contribution in [3.63, 3.8) is 0 Å². The molecule has 8 heteroatoms. The minimum atomic E-state index is -0.932. The van der Waals surface area contributed by atoms with Crippen LogP contribution in [0, 0.1) is 5.41 Å². The van der Waals surface area contributed by atoms with E-state index in [0.717, 1.165) is 23.7 Å². The molecule has 0 bridgehead atoms. The van der Waals surface area contributed by atoms with Crippen molar-refractivity contribution >= 4 is 29.3 Å². The van der Waals surface area contributed by atoms with Gasteiger partial charge in [-0.1, -0.05) is 6.42 Å². The summed E-state index contributed by atoms with van der Waals surface area (Å²) >= 11 is 0. The normalized spacial score (nSPS) is 30.9. The number of nitrogens with one attached hydrogen (secondary N) is 3. The SMILES string of the molecule is O=C1CCC(N2C(=O)c3ccc(NCC45CCCNC4CCC5)cc3C2=O)C(=O)N1. The van der Waals surface area contributed by atoms with Crippen molar-refractivity contribution in [1.82, 2.24) is 15.5 Å². The van der Waals surface area contributed by atoms with Crippen molar-refractivity contribution in [1.29, 1.82) is 0 Å². The molecule has 3 heterocycles. The zero-order valence-electron chi connectivity index (χ0n) is 16.8. The molecule has 1 saturated carbocycles. The van der Waals surface area contributed by atoms with E-state index in [9.17, 15) is 19.2 Å². The van der Waals surface area contributed by atoms with E-state index in [1.807, 2.05) is 6.07 Å². The van der Waals surface area contributed by atoms with Gasteiger partial charge in [-0.2, -0.15) is 0 Å². The molecule has 2 saturated heterocycles. The van der Waals surface area contributed by atoms with Gasteiger partial charge < -0.3 is 10.6 Å². The van der Waals surface area contributed by atoms with Crippen LogP contribution in [0.5, 0.6) is 0 Å². The summed E-state index contributed by atoms with van der Waals surface area (Å²) in [5, 5.41) is 9.38. The standard InChI is InChI=1S/C22H26N4O4/c27-18-7-6-16(19(28)25-18)26-20(29)14-5-4-13(11-15(14)21(26)30)24-12-22-8-1-3-17(22)23-10-2-9-22/h4-5,11,16-17,23-24H,1-3,6-10,12H2,(H,25,27,28). The van der Waals surface area contributed by atoms with Crippen LogP contribution >= 0.6 is 0 Å². The Morgan fingerprint density at radius 2 is 1.83 bits per heavy atom. The molecule has 1 aromatic rings. The number of benzene rings is 1. The van der Waals surface area contributed by atoms with Gasteiger partial charge in [0.15, 0.2) is 0 Å². The molecule has 4 amide bonds. The summed E-state index contributed by atoms with van der Waals surface area (Å²) < 4.78 is 0. The van der Waals surface area contributed by atoms with Crippen LogP contribution in [0.3, 0.4) is 0 Å². The second-order valence-corrected chi connectivity index (χ2v) is 8.93. The maximum atomic E-state index is 13.0. The van der Waals surface area contributed by atoms with E-state index in [2.05, 4.69) is 16.0 Å². The minimum absolute atomic E-state index is 0.119. The van der Waals surface area contributed by atoms with Crippen LogP contribution in [-0.4, -0.2) is 53.7 Å². The van der Waals surface area contributed by atoms with Crippen LogP contribution in [0.2, 0.25) is 0 Å². The lowest BCUT2D eigenvalue weighted by atomic mass is 9.76. The first-order valence-electron chi connectivity index (χ1n) is 10.8. The topological polar surface area (TPSA) is 108 Å². The highest BCUT2D eigenvalue weighted by Gasteiger charge is 2.46. The monoisotopic (exact) mass is 410 g/mol. The average molecular weight is 410 g/mol. The number of amides is 4. The van der Waals surface area contributed by atoms with Crippen LogP contribution in [0.25, 0.3) is 0 Å². The minimum Gasteiger partial charge on any atom is -0.384 e. The highest BCUT2D eigenvalue weighted by molar-refractivity contribution is 6.23. The van der Waals surface area contributed by atoms with Gasteiger partial charge in [0.2, 0.25) is 11.8 Å². The summed E-state index contributed by atoms with van der Waals surface area (Å²) in [6, 6.07) is 4.82. The maximum Gasteiger partial charge on any atom is 0.262 e. The first-order valence-corrected chi connectivity index (χ1v) is 10.8. The van der Waals surface area contributed by atoms with Gasteiger partial charge in [0.05, 0.1) is 11.1 Å². The molecule has 1 aromatic carbocycles. The van der Waals surface area contributed by atoms with Gasteiger partial charge in [-0.15, -0.1) is 0 Å². The fourth-order valence-electron chi connectivity index (χ4n) is 5.63. The Bertz CT molecular complexity index is 945. The molecule has 3 unspecified atom stereocenters. The van der Waals surface area contributed by atoms with Crippen molar-refractivity contribution in [2.24, 2.45) is 5.41 Å². The average Bonchev–Trinajstić information content (AvgIpc) is 3.27. The summed E-state index contributed by atoms with van der Waals surface area (Å²) in [4.78, 5) is 50.4. The highest BCUT2D eigenvalue weighted by Crippen LogP contribution is 2.44. The number of piperidine rings is 2. The van der Waals surface area contributed by atoms with Crippen molar-refractivity contribution in [3.8, 4) is 0 Å². The van der Waals surface area contributed by atoms with E-state index >= 15 is 0 Å². The second kappa shape index (κ2) is 7.19. The predicted molar refractivity (Wildman–Crippen MR) is 109 cm³/mol. The number of carbonyl (C=O) groups excluding carboxylic acids is 4. The molecule has 3 atom stereocenters. The molecule has 8 nitrogen and oxygen atoms in total. The molecule has 30 heavy (non-hydrogen) atoms. The molecule has 3 fully saturated rings. The Labute approximate surface area is 174 Å². The van der Waals surface area contributed by atoms with E-state index in [-0.39, 0.29) is 24.2 Å². The van der Waals surface area contributed by atoms with Crippen LogP contribution < -0.4 is 16.0 Å². The largest absolute Gasteiger partial charge is 0.384 e. The van der Waals surface area contributed by atoms with Gasteiger partial charge in [-0.05, 0) is 56.8 Å². The number of hydrogen-bond acceptors (Lipinski definition) is 6. The zero-order valence-corrected chi connectivity index (χ0v) is 16.8. The summed E-state index contributed by atoms with van der Waals surface area (Å²) in [5.41, 5.74) is 1.68. The number of carbonyl (C=O) groups is 4. The lowest BCUT2D eigenvalue weighted by Crippen LogP contribution is -2.54. The summed E-state index contributed by atoms with van der Waals surface area (Å²) in [6.45, 7) is 1.92. The molecule has 158 valence electrons. The van der Waals surface area contributed by atoms with Crippen LogP contribution in [0.1, 0.15) is 65.7 Å². The van der Waals surface area contributed by atoms with Gasteiger partial charge in [-0.25, -0.2) is 0 Å². The van der Waals surface area contributed by atoms with Gasteiger partial charge in [0, 0.05) is 30.1 Å². The Morgan fingerprint density at radius 3 is 2.67 bits per heavy atom. The lowest BCUT2D eigenvalue weighted by Gasteiger charge is -2.40. The van der Waals surface area contributed by atoms with Crippen molar-refractivity contribution in [2.45, 2.75) is 57.0 Å². The fraction of sp³-hybridized carbons (Fsp3) is 0.545. The number of anilines is 1. The van der Waals surface area contributed by atoms with Gasteiger partial charge in [-0.3, -0.25) is 29.4 Å². The zero-order chi connectivity index (χ0) is 20.9. The predicted octanol–water partition coefficient (Wildman–Crippen LogP) is 1.42. The Balaban J connectivity index is 1.34. The van der Waals surface area contributed by atoms with Crippen molar-refractivity contribution in [3.05, 3.63) is 29.3 Å². The van der Waals surface area contributed by atoms with Crippen LogP contribution in [0.15, 0.2) is 18.2 Å². The first kappa shape index (κ1) is 19.2. The van der Waals surface area contributed by atoms with E-state index in [1.54, 1.807) is 12.1 Å². The Morgan fingerprint density at radius 1 is 1.03 bits per heavy atom. The van der Waals surface area contributed by atoms with Crippen molar-refractivity contribution < 1.29 is 19.2 Å². The number of fused-ring (bicyclic) bond motifs is 2. The third kappa shape index (κ3) is 3.01. The van der Waals surface area contributed by atoms with Crippen LogP contribution in [-0.2, 0) is 9.59 Å². The van der Waals surface area contributed by atoms with Gasteiger partial charge >= 0.3 is 0 Å². The number of imide groups is 2. The maximum absolute atomic E-state index is 13.0. The molecule has 1 aliphatic carbocycles. The third-order valence-electron chi connectivity index (χ3n) is 7.23. The second-order valence-electron chi connectivity index (χ2n) is 8.93. The molecule has 3 aliphatic heterocycles. The molecule has 3 N–H and O–H groups in total. The summed E-state index contributed by atoms with van der Waals surface area (Å²) in [6.07, 6.45) is 6.30. The Kier molecular flexibility index (Phi) is 4.61. The lowest BCUT2D eigenvalue weighted by molar-refractivity contribution is -0.136. The van der Waals surface area contributed by atoms with E-state index in [1.165, 1.54) is 32.1 Å². The molecule has 0 radical (unpaired) electrons. The molecule has 0 spiro atoms. The molecule has 4 aliphatic rings. The molecular formula is C22H26N4O4. The fourth-order valence-corrected chi connectivity index (χ4v) is 5.63. The number of hydrogen-bond donors (Lipinski definition) is 3. The van der Waals surface area contributed by atoms with E-state index in [0.29, 0.717) is 17.2 Å². The highest BCUT2D eigenvalue weighted by atomic mass is 16.2. The molecule has 0 aromatic heterocycles. The first-order chi connectivity index (χ1) is 14.5. The van der Waals surface area contributed by atoms with Crippen molar-refractivity contribution in [2.75, 3.05) is 18.4 Å². The van der Waals surface area contributed by atoms with Crippen LogP contribution in [0.4, 0.5) is 5.69 Å². The smallest absolute Gasteiger partial charge is 0.262 e. The number of nitrogens with zero attached hydrogens (tertiary/aromatic N) is 1. The van der Waals surface area contributed by atoms with Gasteiger partial charge in [0.1, 0.15) is 6.04 Å². The quantitative estimate of drug-likeness (QED) is 0.648. The Hall–Kier alpha value is -2.74. The van der Waals surface area contributed by atoms with Gasteiger partial charge in [0.25, 0.3) is 11.8 Å². The molecule has 5 rings (SSSR count).